The molecule has 4 heteroatoms. The number of rotatable bonds is 7. The van der Waals surface area contributed by atoms with Crippen LogP contribution in [0.3, 0.4) is 0 Å². The molecule has 0 aliphatic rings. The normalized spacial score (nSPS) is 14.5. The van der Waals surface area contributed by atoms with Crippen molar-refractivity contribution in [3.05, 3.63) is 35.4 Å². The Morgan fingerprint density at radius 3 is 2.44 bits per heavy atom. The second-order valence-corrected chi connectivity index (χ2v) is 4.27. The molecule has 0 spiro atoms. The average molecular weight is 257 g/mol. The van der Waals surface area contributed by atoms with Gasteiger partial charge in [-0.3, -0.25) is 0 Å². The highest BCUT2D eigenvalue weighted by Gasteiger charge is 2.22. The minimum Gasteiger partial charge on any atom is -0.379 e. The van der Waals surface area contributed by atoms with Crippen molar-refractivity contribution in [2.75, 3.05) is 13.7 Å². The van der Waals surface area contributed by atoms with Gasteiger partial charge in [0.25, 0.3) is 0 Å². The predicted octanol–water partition coefficient (Wildman–Crippen LogP) is 3.43. The maximum atomic E-state index is 13.3. The van der Waals surface area contributed by atoms with Gasteiger partial charge in [0.05, 0.1) is 12.1 Å². The molecular weight excluding hydrogens is 236 g/mol. The number of hydrogen-bond acceptors (Lipinski definition) is 2. The summed E-state index contributed by atoms with van der Waals surface area (Å²) >= 11 is 0. The molecule has 0 aliphatic carbocycles. The Hall–Kier alpha value is -1.00. The quantitative estimate of drug-likeness (QED) is 0.808. The lowest BCUT2D eigenvalue weighted by molar-refractivity contribution is 0.0610. The van der Waals surface area contributed by atoms with Crippen molar-refractivity contribution in [1.29, 1.82) is 0 Å². The molecule has 18 heavy (non-hydrogen) atoms. The van der Waals surface area contributed by atoms with Crippen molar-refractivity contribution in [2.45, 2.75) is 38.8 Å². The van der Waals surface area contributed by atoms with Crippen molar-refractivity contribution in [2.24, 2.45) is 0 Å². The van der Waals surface area contributed by atoms with Crippen LogP contribution in [0.25, 0.3) is 0 Å². The van der Waals surface area contributed by atoms with Crippen molar-refractivity contribution in [1.82, 2.24) is 5.32 Å². The minimum atomic E-state index is -0.821. The van der Waals surface area contributed by atoms with Gasteiger partial charge in [0, 0.05) is 7.11 Å². The number of methoxy groups -OCH3 is 1. The van der Waals surface area contributed by atoms with Gasteiger partial charge in [-0.15, -0.1) is 0 Å². The molecule has 0 aliphatic heterocycles. The molecule has 2 nitrogen and oxygen atoms in total. The van der Waals surface area contributed by atoms with E-state index in [1.807, 2.05) is 6.92 Å². The first-order valence-corrected chi connectivity index (χ1v) is 6.35. The van der Waals surface area contributed by atoms with Gasteiger partial charge in [-0.2, -0.15) is 0 Å². The predicted molar refractivity (Wildman–Crippen MR) is 68.5 cm³/mol. The lowest BCUT2D eigenvalue weighted by Crippen LogP contribution is -2.33. The molecule has 0 bridgehead atoms. The molecular formula is C14H21F2NO. The summed E-state index contributed by atoms with van der Waals surface area (Å²) in [6.45, 7) is 4.79. The second kappa shape index (κ2) is 7.44. The fraction of sp³-hybridized carbons (Fsp3) is 0.571. The number of likely N-dealkylation sites (N-methyl/N-ethyl adjacent to an activating group) is 1. The van der Waals surface area contributed by atoms with Crippen molar-refractivity contribution in [3.8, 4) is 0 Å². The van der Waals surface area contributed by atoms with Crippen LogP contribution >= 0.6 is 0 Å². The monoisotopic (exact) mass is 257 g/mol. The lowest BCUT2D eigenvalue weighted by Gasteiger charge is -2.27. The topological polar surface area (TPSA) is 21.3 Å². The smallest absolute Gasteiger partial charge is 0.159 e. The van der Waals surface area contributed by atoms with Crippen molar-refractivity contribution < 1.29 is 13.5 Å². The maximum Gasteiger partial charge on any atom is 0.159 e. The summed E-state index contributed by atoms with van der Waals surface area (Å²) in [4.78, 5) is 0. The molecule has 102 valence electrons. The van der Waals surface area contributed by atoms with Crippen molar-refractivity contribution >= 4 is 0 Å². The van der Waals surface area contributed by atoms with E-state index in [0.29, 0.717) is 0 Å². The molecule has 2 unspecified atom stereocenters. The van der Waals surface area contributed by atoms with Crippen LogP contribution in [-0.4, -0.2) is 19.8 Å². The third kappa shape index (κ3) is 3.75. The largest absolute Gasteiger partial charge is 0.379 e. The van der Waals surface area contributed by atoms with E-state index in [2.05, 4.69) is 12.2 Å². The molecule has 1 aromatic carbocycles. The number of halogens is 2. The first-order valence-electron chi connectivity index (χ1n) is 6.35. The fourth-order valence-electron chi connectivity index (χ4n) is 2.09. The second-order valence-electron chi connectivity index (χ2n) is 4.27. The Balaban J connectivity index is 2.98. The van der Waals surface area contributed by atoms with Gasteiger partial charge in [-0.05, 0) is 30.7 Å². The van der Waals surface area contributed by atoms with Crippen LogP contribution in [-0.2, 0) is 4.74 Å². The Labute approximate surface area is 107 Å². The fourth-order valence-corrected chi connectivity index (χ4v) is 2.09. The van der Waals surface area contributed by atoms with Crippen LogP contribution in [0.4, 0.5) is 8.78 Å². The molecule has 0 aromatic heterocycles. The highest BCUT2D eigenvalue weighted by molar-refractivity contribution is 5.22. The van der Waals surface area contributed by atoms with Crippen LogP contribution in [0.15, 0.2) is 18.2 Å². The average Bonchev–Trinajstić information content (AvgIpc) is 2.37. The van der Waals surface area contributed by atoms with E-state index in [4.69, 9.17) is 4.74 Å². The summed E-state index contributed by atoms with van der Waals surface area (Å²) in [6.07, 6.45) is 1.80. The lowest BCUT2D eigenvalue weighted by atomic mass is 9.98. The van der Waals surface area contributed by atoms with Crippen LogP contribution in [0.2, 0.25) is 0 Å². The van der Waals surface area contributed by atoms with Crippen LogP contribution in [0, 0.1) is 11.6 Å². The Morgan fingerprint density at radius 2 is 1.94 bits per heavy atom. The summed E-state index contributed by atoms with van der Waals surface area (Å²) in [6, 6.07) is 3.89. The molecule has 0 radical (unpaired) electrons. The SMILES string of the molecule is CCCC(OC)C(NCC)c1ccc(F)c(F)c1. The molecule has 0 saturated heterocycles. The van der Waals surface area contributed by atoms with Gasteiger partial charge in [-0.25, -0.2) is 8.78 Å². The molecule has 1 N–H and O–H groups in total. The number of ether oxygens (including phenoxy) is 1. The third-order valence-corrected chi connectivity index (χ3v) is 2.97. The summed E-state index contributed by atoms with van der Waals surface area (Å²) in [7, 11) is 1.64. The number of nitrogens with one attached hydrogen (secondary N) is 1. The molecule has 0 heterocycles. The molecule has 1 aromatic rings. The zero-order valence-corrected chi connectivity index (χ0v) is 11.2. The summed E-state index contributed by atoms with van der Waals surface area (Å²) in [5.74, 6) is -1.64. The summed E-state index contributed by atoms with van der Waals surface area (Å²) in [5.41, 5.74) is 0.719. The van der Waals surface area contributed by atoms with Crippen LogP contribution in [0.1, 0.15) is 38.3 Å². The van der Waals surface area contributed by atoms with Crippen LogP contribution in [0.5, 0.6) is 0 Å². The van der Waals surface area contributed by atoms with Crippen LogP contribution < -0.4 is 5.32 Å². The Morgan fingerprint density at radius 1 is 1.22 bits per heavy atom. The van der Waals surface area contributed by atoms with Gasteiger partial charge in [0.1, 0.15) is 0 Å². The van der Waals surface area contributed by atoms with E-state index in [9.17, 15) is 8.78 Å². The van der Waals surface area contributed by atoms with E-state index in [1.54, 1.807) is 13.2 Å². The molecule has 0 fully saturated rings. The first kappa shape index (κ1) is 15.1. The highest BCUT2D eigenvalue weighted by Crippen LogP contribution is 2.23. The Kier molecular flexibility index (Phi) is 6.22. The zero-order valence-electron chi connectivity index (χ0n) is 11.2. The van der Waals surface area contributed by atoms with Crippen molar-refractivity contribution in [3.63, 3.8) is 0 Å². The molecule has 0 amide bonds. The maximum absolute atomic E-state index is 13.3. The number of benzene rings is 1. The van der Waals surface area contributed by atoms with E-state index in [1.165, 1.54) is 6.07 Å². The van der Waals surface area contributed by atoms with E-state index in [0.717, 1.165) is 31.0 Å². The van der Waals surface area contributed by atoms with E-state index in [-0.39, 0.29) is 12.1 Å². The van der Waals surface area contributed by atoms with Gasteiger partial charge < -0.3 is 10.1 Å². The van der Waals surface area contributed by atoms with Gasteiger partial charge in [0.2, 0.25) is 0 Å². The molecule has 0 saturated carbocycles. The Bertz CT molecular complexity index is 371. The van der Waals surface area contributed by atoms with E-state index < -0.39 is 11.6 Å². The van der Waals surface area contributed by atoms with Gasteiger partial charge in [0.15, 0.2) is 11.6 Å². The van der Waals surface area contributed by atoms with Gasteiger partial charge in [-0.1, -0.05) is 26.3 Å². The third-order valence-electron chi connectivity index (χ3n) is 2.97. The highest BCUT2D eigenvalue weighted by atomic mass is 19.2. The zero-order chi connectivity index (χ0) is 13.5. The minimum absolute atomic E-state index is 0.0418. The summed E-state index contributed by atoms with van der Waals surface area (Å²) in [5, 5.41) is 3.27. The number of hydrogen-bond donors (Lipinski definition) is 1. The van der Waals surface area contributed by atoms with E-state index >= 15 is 0 Å². The first-order chi connectivity index (χ1) is 8.63. The summed E-state index contributed by atoms with van der Waals surface area (Å²) < 4.78 is 31.7. The molecule has 2 atom stereocenters. The van der Waals surface area contributed by atoms with Gasteiger partial charge >= 0.3 is 0 Å². The molecule has 1 rings (SSSR count). The standard InChI is InChI=1S/C14H21F2NO/c1-4-6-13(18-3)14(17-5-2)10-7-8-11(15)12(16)9-10/h7-9,13-14,17H,4-6H2,1-3H3.